The fourth-order valence-corrected chi connectivity index (χ4v) is 3.10. The fourth-order valence-electron chi connectivity index (χ4n) is 3.10. The Bertz CT molecular complexity index is 353. The monoisotopic (exact) mass is 264 g/mol. The number of hydrogen-bond donors (Lipinski definition) is 1. The summed E-state index contributed by atoms with van der Waals surface area (Å²) in [6.45, 7) is 2.94. The Morgan fingerprint density at radius 2 is 2.05 bits per heavy atom. The van der Waals surface area contributed by atoms with E-state index in [9.17, 15) is 0 Å². The Morgan fingerprint density at radius 1 is 1.32 bits per heavy atom. The summed E-state index contributed by atoms with van der Waals surface area (Å²) in [7, 11) is 1.99. The lowest BCUT2D eigenvalue weighted by atomic mass is 10.1. The van der Waals surface area contributed by atoms with E-state index in [1.165, 1.54) is 44.1 Å². The standard InChI is InChI=1S/C15H28N4/c1-18-12-14(11-17-18)13-19(10-6-9-16)15-7-4-2-3-5-8-15/h11-12,15H,2-10,13,16H2,1H3. The quantitative estimate of drug-likeness (QED) is 0.802. The Hall–Kier alpha value is -0.870. The Labute approximate surface area is 117 Å². The van der Waals surface area contributed by atoms with Crippen molar-refractivity contribution in [1.82, 2.24) is 14.7 Å². The van der Waals surface area contributed by atoms with Crippen molar-refractivity contribution in [2.45, 2.75) is 57.5 Å². The molecule has 2 N–H and O–H groups in total. The first-order valence-electron chi connectivity index (χ1n) is 7.71. The van der Waals surface area contributed by atoms with Crippen LogP contribution in [0, 0.1) is 0 Å². The van der Waals surface area contributed by atoms with Crippen LogP contribution in [0.4, 0.5) is 0 Å². The van der Waals surface area contributed by atoms with Crippen LogP contribution in [0.5, 0.6) is 0 Å². The lowest BCUT2D eigenvalue weighted by Crippen LogP contribution is -2.36. The van der Waals surface area contributed by atoms with Crippen LogP contribution >= 0.6 is 0 Å². The summed E-state index contributed by atoms with van der Waals surface area (Å²) in [6.07, 6.45) is 13.5. The second-order valence-corrected chi connectivity index (χ2v) is 5.78. The minimum Gasteiger partial charge on any atom is -0.330 e. The zero-order chi connectivity index (χ0) is 13.5. The predicted octanol–water partition coefficient (Wildman–Crippen LogP) is 2.29. The molecule has 0 bridgehead atoms. The van der Waals surface area contributed by atoms with Crippen LogP contribution < -0.4 is 5.73 Å². The predicted molar refractivity (Wildman–Crippen MR) is 78.8 cm³/mol. The molecular formula is C15H28N4. The summed E-state index contributed by atoms with van der Waals surface area (Å²) in [5.41, 5.74) is 7.01. The number of nitrogens with two attached hydrogens (primary N) is 1. The second kappa shape index (κ2) is 7.65. The molecule has 1 saturated carbocycles. The summed E-state index contributed by atoms with van der Waals surface area (Å²) >= 11 is 0. The van der Waals surface area contributed by atoms with Crippen LogP contribution in [0.1, 0.15) is 50.5 Å². The Balaban J connectivity index is 1.97. The van der Waals surface area contributed by atoms with Crippen molar-refractivity contribution in [3.8, 4) is 0 Å². The average Bonchev–Trinajstić information content (AvgIpc) is 2.67. The zero-order valence-corrected chi connectivity index (χ0v) is 12.2. The molecule has 1 aliphatic carbocycles. The highest BCUT2D eigenvalue weighted by molar-refractivity contribution is 5.03. The van der Waals surface area contributed by atoms with Gasteiger partial charge in [0.15, 0.2) is 0 Å². The van der Waals surface area contributed by atoms with Gasteiger partial charge >= 0.3 is 0 Å². The van der Waals surface area contributed by atoms with Crippen molar-refractivity contribution >= 4 is 0 Å². The van der Waals surface area contributed by atoms with Crippen molar-refractivity contribution in [1.29, 1.82) is 0 Å². The molecule has 2 rings (SSSR count). The maximum absolute atomic E-state index is 5.69. The van der Waals surface area contributed by atoms with Gasteiger partial charge in [0.2, 0.25) is 0 Å². The van der Waals surface area contributed by atoms with E-state index >= 15 is 0 Å². The molecule has 0 aromatic carbocycles. The summed E-state index contributed by atoms with van der Waals surface area (Å²) in [5, 5.41) is 4.28. The largest absolute Gasteiger partial charge is 0.330 e. The molecule has 0 atom stereocenters. The van der Waals surface area contributed by atoms with Gasteiger partial charge in [-0.15, -0.1) is 0 Å². The van der Waals surface area contributed by atoms with E-state index in [0.29, 0.717) is 0 Å². The van der Waals surface area contributed by atoms with Crippen molar-refractivity contribution < 1.29 is 0 Å². The number of rotatable bonds is 6. The molecule has 1 heterocycles. The SMILES string of the molecule is Cn1cc(CN(CCCN)C2CCCCCC2)cn1. The van der Waals surface area contributed by atoms with Gasteiger partial charge in [0.25, 0.3) is 0 Å². The molecule has 1 fully saturated rings. The number of nitrogens with zero attached hydrogens (tertiary/aromatic N) is 3. The molecule has 1 aromatic heterocycles. The molecule has 108 valence electrons. The maximum atomic E-state index is 5.69. The zero-order valence-electron chi connectivity index (χ0n) is 12.2. The molecule has 4 heteroatoms. The maximum Gasteiger partial charge on any atom is 0.0534 e. The van der Waals surface area contributed by atoms with Gasteiger partial charge in [0.05, 0.1) is 6.20 Å². The highest BCUT2D eigenvalue weighted by Gasteiger charge is 2.20. The highest BCUT2D eigenvalue weighted by Crippen LogP contribution is 2.23. The van der Waals surface area contributed by atoms with E-state index in [0.717, 1.165) is 32.1 Å². The molecule has 0 saturated heterocycles. The van der Waals surface area contributed by atoms with E-state index in [-0.39, 0.29) is 0 Å². The van der Waals surface area contributed by atoms with Crippen molar-refractivity contribution in [2.75, 3.05) is 13.1 Å². The van der Waals surface area contributed by atoms with Crippen molar-refractivity contribution in [3.05, 3.63) is 18.0 Å². The minimum atomic E-state index is 0.745. The van der Waals surface area contributed by atoms with Crippen LogP contribution in [0.15, 0.2) is 12.4 Å². The van der Waals surface area contributed by atoms with Gasteiger partial charge in [-0.2, -0.15) is 5.10 Å². The average molecular weight is 264 g/mol. The van der Waals surface area contributed by atoms with Gasteiger partial charge in [0, 0.05) is 31.4 Å². The summed E-state index contributed by atoms with van der Waals surface area (Å²) < 4.78 is 1.89. The highest BCUT2D eigenvalue weighted by atomic mass is 15.2. The van der Waals surface area contributed by atoms with E-state index in [2.05, 4.69) is 16.2 Å². The molecule has 0 aliphatic heterocycles. The van der Waals surface area contributed by atoms with Gasteiger partial charge in [-0.05, 0) is 32.4 Å². The van der Waals surface area contributed by atoms with Gasteiger partial charge in [-0.1, -0.05) is 25.7 Å². The normalized spacial score (nSPS) is 17.8. The summed E-state index contributed by atoms with van der Waals surface area (Å²) in [6, 6.07) is 0.745. The molecule has 0 amide bonds. The molecule has 19 heavy (non-hydrogen) atoms. The van der Waals surface area contributed by atoms with Crippen LogP contribution in [-0.4, -0.2) is 33.8 Å². The number of hydrogen-bond acceptors (Lipinski definition) is 3. The second-order valence-electron chi connectivity index (χ2n) is 5.78. The summed E-state index contributed by atoms with van der Waals surface area (Å²) in [5.74, 6) is 0. The molecule has 1 aromatic rings. The van der Waals surface area contributed by atoms with Crippen molar-refractivity contribution in [2.24, 2.45) is 12.8 Å². The first-order valence-corrected chi connectivity index (χ1v) is 7.71. The molecule has 1 aliphatic rings. The van der Waals surface area contributed by atoms with Crippen LogP contribution in [0.25, 0.3) is 0 Å². The van der Waals surface area contributed by atoms with E-state index in [1.807, 2.05) is 17.9 Å². The van der Waals surface area contributed by atoms with Crippen LogP contribution in [0.3, 0.4) is 0 Å². The third-order valence-corrected chi connectivity index (χ3v) is 4.13. The third-order valence-electron chi connectivity index (χ3n) is 4.13. The smallest absolute Gasteiger partial charge is 0.0534 e. The molecule has 0 unspecified atom stereocenters. The molecular weight excluding hydrogens is 236 g/mol. The first-order chi connectivity index (χ1) is 9.29. The Kier molecular flexibility index (Phi) is 5.86. The van der Waals surface area contributed by atoms with Gasteiger partial charge in [-0.25, -0.2) is 0 Å². The fraction of sp³-hybridized carbons (Fsp3) is 0.800. The minimum absolute atomic E-state index is 0.745. The lowest BCUT2D eigenvalue weighted by molar-refractivity contribution is 0.169. The first kappa shape index (κ1) is 14.5. The lowest BCUT2D eigenvalue weighted by Gasteiger charge is -2.30. The van der Waals surface area contributed by atoms with E-state index in [1.54, 1.807) is 0 Å². The Morgan fingerprint density at radius 3 is 2.63 bits per heavy atom. The van der Waals surface area contributed by atoms with Gasteiger partial charge in [-0.3, -0.25) is 9.58 Å². The molecule has 0 radical (unpaired) electrons. The third kappa shape index (κ3) is 4.62. The molecule has 0 spiro atoms. The number of aryl methyl sites for hydroxylation is 1. The molecule has 4 nitrogen and oxygen atoms in total. The topological polar surface area (TPSA) is 47.1 Å². The van der Waals surface area contributed by atoms with E-state index < -0.39 is 0 Å². The van der Waals surface area contributed by atoms with Gasteiger partial charge in [0.1, 0.15) is 0 Å². The van der Waals surface area contributed by atoms with Gasteiger partial charge < -0.3 is 5.73 Å². The summed E-state index contributed by atoms with van der Waals surface area (Å²) in [4.78, 5) is 2.63. The van der Waals surface area contributed by atoms with Crippen LogP contribution in [-0.2, 0) is 13.6 Å². The van der Waals surface area contributed by atoms with Crippen LogP contribution in [0.2, 0.25) is 0 Å². The van der Waals surface area contributed by atoms with E-state index in [4.69, 9.17) is 5.73 Å². The number of aromatic nitrogens is 2. The van der Waals surface area contributed by atoms with Crippen molar-refractivity contribution in [3.63, 3.8) is 0 Å².